The van der Waals surface area contributed by atoms with E-state index in [1.807, 2.05) is 6.07 Å². The normalized spacial score (nSPS) is 27.7. The molecule has 0 aliphatic heterocycles. The zero-order valence-corrected chi connectivity index (χ0v) is 13.2. The van der Waals surface area contributed by atoms with E-state index in [1.165, 1.54) is 23.6 Å². The maximum absolute atomic E-state index is 14.1. The monoisotopic (exact) mass is 345 g/mol. The lowest BCUT2D eigenvalue weighted by atomic mass is 9.92. The fraction of sp³-hybridized carbons (Fsp3) is 0.333. The number of hydrogen-bond acceptors (Lipinski definition) is 1. The van der Waals surface area contributed by atoms with Crippen LogP contribution in [0.4, 0.5) is 4.39 Å². The molecule has 2 aliphatic rings. The van der Waals surface area contributed by atoms with Gasteiger partial charge in [0.2, 0.25) is 0 Å². The van der Waals surface area contributed by atoms with E-state index in [-0.39, 0.29) is 11.9 Å². The van der Waals surface area contributed by atoms with Crippen LogP contribution < -0.4 is 5.73 Å². The number of nitrogens with two attached hydrogens (primary N) is 1. The van der Waals surface area contributed by atoms with E-state index in [2.05, 4.69) is 40.2 Å². The van der Waals surface area contributed by atoms with Crippen LogP contribution in [-0.4, -0.2) is 0 Å². The van der Waals surface area contributed by atoms with Crippen molar-refractivity contribution in [3.05, 3.63) is 69.4 Å². The zero-order chi connectivity index (χ0) is 14.6. The van der Waals surface area contributed by atoms with Gasteiger partial charge in [-0.25, -0.2) is 4.39 Å². The highest BCUT2D eigenvalue weighted by molar-refractivity contribution is 9.10. The first-order valence-corrected chi connectivity index (χ1v) is 8.24. The molecule has 2 aromatic rings. The Morgan fingerprint density at radius 2 is 2.00 bits per heavy atom. The lowest BCUT2D eigenvalue weighted by molar-refractivity contribution is 0.519. The molecule has 4 unspecified atom stereocenters. The van der Waals surface area contributed by atoms with Gasteiger partial charge in [0.25, 0.3) is 0 Å². The molecule has 3 heteroatoms. The summed E-state index contributed by atoms with van der Waals surface area (Å²) in [6, 6.07) is 13.5. The van der Waals surface area contributed by atoms with E-state index < -0.39 is 0 Å². The first kappa shape index (κ1) is 13.5. The third-order valence-corrected chi connectivity index (χ3v) is 5.62. The van der Waals surface area contributed by atoms with Gasteiger partial charge in [-0.15, -0.1) is 0 Å². The molecule has 0 spiro atoms. The summed E-state index contributed by atoms with van der Waals surface area (Å²) in [4.78, 5) is 0. The molecule has 1 saturated carbocycles. The second-order valence-electron chi connectivity index (χ2n) is 6.20. The second-order valence-corrected chi connectivity index (χ2v) is 7.11. The first-order chi connectivity index (χ1) is 10.2. The Bertz CT molecular complexity index is 699. The summed E-state index contributed by atoms with van der Waals surface area (Å²) < 4.78 is 15.0. The summed E-state index contributed by atoms with van der Waals surface area (Å²) in [5.74, 6) is 1.32. The van der Waals surface area contributed by atoms with Crippen molar-refractivity contribution in [3.63, 3.8) is 0 Å². The molecule has 0 bridgehead atoms. The largest absolute Gasteiger partial charge is 0.324 e. The van der Waals surface area contributed by atoms with Crippen LogP contribution >= 0.6 is 15.9 Å². The predicted molar refractivity (Wildman–Crippen MR) is 85.5 cm³/mol. The summed E-state index contributed by atoms with van der Waals surface area (Å²) >= 11 is 3.41. The minimum Gasteiger partial charge on any atom is -0.324 e. The van der Waals surface area contributed by atoms with E-state index in [0.717, 1.165) is 10.9 Å². The number of rotatable bonds is 2. The Morgan fingerprint density at radius 1 is 1.19 bits per heavy atom. The van der Waals surface area contributed by atoms with Crippen LogP contribution in [0.15, 0.2) is 46.9 Å². The van der Waals surface area contributed by atoms with Crippen molar-refractivity contribution in [1.29, 1.82) is 0 Å². The standard InChI is InChI=1S/C18H17BrFN/c19-11-6-8-15(20)14(9-11)18(21)17-13-7-5-10-3-1-2-4-12(10)16(13)17/h1-4,6,8-9,13,16-18H,5,7,21H2. The lowest BCUT2D eigenvalue weighted by Gasteiger charge is -2.14. The average Bonchev–Trinajstić information content (AvgIpc) is 3.24. The molecule has 4 atom stereocenters. The van der Waals surface area contributed by atoms with Crippen molar-refractivity contribution < 1.29 is 4.39 Å². The molecule has 108 valence electrons. The fourth-order valence-electron chi connectivity index (χ4n) is 4.09. The summed E-state index contributed by atoms with van der Waals surface area (Å²) in [7, 11) is 0. The molecule has 2 aromatic carbocycles. The minimum atomic E-state index is -0.219. The first-order valence-electron chi connectivity index (χ1n) is 7.45. The third-order valence-electron chi connectivity index (χ3n) is 5.12. The number of benzene rings is 2. The third kappa shape index (κ3) is 2.14. The number of fused-ring (bicyclic) bond motifs is 3. The number of hydrogen-bond donors (Lipinski definition) is 1. The van der Waals surface area contributed by atoms with Crippen LogP contribution in [0.3, 0.4) is 0 Å². The summed E-state index contributed by atoms with van der Waals surface area (Å²) in [5, 5.41) is 0. The van der Waals surface area contributed by atoms with Crippen molar-refractivity contribution in [3.8, 4) is 0 Å². The zero-order valence-electron chi connectivity index (χ0n) is 11.6. The molecule has 0 radical (unpaired) electrons. The van der Waals surface area contributed by atoms with Gasteiger partial charge < -0.3 is 5.73 Å². The molecule has 1 nitrogen and oxygen atoms in total. The Hall–Kier alpha value is -1.19. The maximum Gasteiger partial charge on any atom is 0.128 e. The Labute approximate surface area is 132 Å². The van der Waals surface area contributed by atoms with Crippen molar-refractivity contribution in [2.24, 2.45) is 17.6 Å². The summed E-state index contributed by atoms with van der Waals surface area (Å²) in [6.45, 7) is 0. The van der Waals surface area contributed by atoms with Crippen LogP contribution in [-0.2, 0) is 6.42 Å². The molecular weight excluding hydrogens is 329 g/mol. The van der Waals surface area contributed by atoms with Gasteiger partial charge in [0.15, 0.2) is 0 Å². The lowest BCUT2D eigenvalue weighted by Crippen LogP contribution is -2.16. The Morgan fingerprint density at radius 3 is 2.86 bits per heavy atom. The Kier molecular flexibility index (Phi) is 3.16. The highest BCUT2D eigenvalue weighted by Crippen LogP contribution is 2.63. The maximum atomic E-state index is 14.1. The topological polar surface area (TPSA) is 26.0 Å². The molecule has 4 rings (SSSR count). The van der Waals surface area contributed by atoms with Crippen LogP contribution in [0, 0.1) is 17.7 Å². The molecule has 0 heterocycles. The predicted octanol–water partition coefficient (Wildman–Crippen LogP) is 4.56. The quantitative estimate of drug-likeness (QED) is 0.847. The highest BCUT2D eigenvalue weighted by atomic mass is 79.9. The highest BCUT2D eigenvalue weighted by Gasteiger charge is 2.56. The fourth-order valence-corrected chi connectivity index (χ4v) is 4.47. The molecule has 2 aliphatic carbocycles. The number of halogens is 2. The van der Waals surface area contributed by atoms with E-state index in [0.29, 0.717) is 23.3 Å². The smallest absolute Gasteiger partial charge is 0.128 e. The van der Waals surface area contributed by atoms with Crippen LogP contribution in [0.2, 0.25) is 0 Å². The van der Waals surface area contributed by atoms with E-state index in [1.54, 1.807) is 6.07 Å². The van der Waals surface area contributed by atoms with Crippen molar-refractivity contribution >= 4 is 15.9 Å². The van der Waals surface area contributed by atoms with Gasteiger partial charge in [0, 0.05) is 16.1 Å². The SMILES string of the molecule is NC(c1cc(Br)ccc1F)C1C2CCc3ccccc3C21. The van der Waals surface area contributed by atoms with Crippen LogP contribution in [0.1, 0.15) is 35.1 Å². The van der Waals surface area contributed by atoms with E-state index in [4.69, 9.17) is 5.73 Å². The van der Waals surface area contributed by atoms with Gasteiger partial charge in [-0.1, -0.05) is 40.2 Å². The minimum absolute atomic E-state index is 0.192. The van der Waals surface area contributed by atoms with Gasteiger partial charge in [-0.2, -0.15) is 0 Å². The van der Waals surface area contributed by atoms with E-state index >= 15 is 0 Å². The van der Waals surface area contributed by atoms with Gasteiger partial charge >= 0.3 is 0 Å². The summed E-state index contributed by atoms with van der Waals surface area (Å²) in [6.07, 6.45) is 2.30. The summed E-state index contributed by atoms with van der Waals surface area (Å²) in [5.41, 5.74) is 9.95. The molecule has 0 aromatic heterocycles. The van der Waals surface area contributed by atoms with Gasteiger partial charge in [-0.05, 0) is 59.9 Å². The van der Waals surface area contributed by atoms with Gasteiger partial charge in [-0.3, -0.25) is 0 Å². The molecule has 2 N–H and O–H groups in total. The van der Waals surface area contributed by atoms with Crippen LogP contribution in [0.5, 0.6) is 0 Å². The Balaban J connectivity index is 1.66. The second kappa shape index (κ2) is 4.92. The van der Waals surface area contributed by atoms with E-state index in [9.17, 15) is 4.39 Å². The molecule has 1 fully saturated rings. The van der Waals surface area contributed by atoms with Gasteiger partial charge in [0.1, 0.15) is 5.82 Å². The van der Waals surface area contributed by atoms with Crippen molar-refractivity contribution in [2.45, 2.75) is 24.8 Å². The molecule has 0 saturated heterocycles. The van der Waals surface area contributed by atoms with Crippen molar-refractivity contribution in [2.75, 3.05) is 0 Å². The molecule has 21 heavy (non-hydrogen) atoms. The van der Waals surface area contributed by atoms with Crippen LogP contribution in [0.25, 0.3) is 0 Å². The molecule has 0 amide bonds. The van der Waals surface area contributed by atoms with Crippen molar-refractivity contribution in [1.82, 2.24) is 0 Å². The van der Waals surface area contributed by atoms with Gasteiger partial charge in [0.05, 0.1) is 0 Å². The molecular formula is C18H17BrFN. The number of aryl methyl sites for hydroxylation is 1. The average molecular weight is 346 g/mol.